The molecule has 2 nitrogen and oxygen atoms in total. The van der Waals surface area contributed by atoms with Gasteiger partial charge in [0, 0.05) is 11.4 Å². The van der Waals surface area contributed by atoms with Crippen molar-refractivity contribution in [3.8, 4) is 0 Å². The van der Waals surface area contributed by atoms with Crippen LogP contribution in [0.3, 0.4) is 0 Å². The second-order valence-electron chi connectivity index (χ2n) is 4.55. The number of rotatable bonds is 5. The number of hydrogen-bond donors (Lipinski definition) is 0. The van der Waals surface area contributed by atoms with Crippen molar-refractivity contribution in [2.75, 3.05) is 14.1 Å². The van der Waals surface area contributed by atoms with Crippen molar-refractivity contribution in [2.24, 2.45) is 5.92 Å². The summed E-state index contributed by atoms with van der Waals surface area (Å²) in [5.41, 5.74) is 1.31. The molecule has 0 bridgehead atoms. The van der Waals surface area contributed by atoms with Crippen LogP contribution in [-0.4, -0.2) is 25.3 Å². The molecule has 1 aromatic rings. The van der Waals surface area contributed by atoms with E-state index in [4.69, 9.17) is 0 Å². The van der Waals surface area contributed by atoms with Crippen molar-refractivity contribution in [3.05, 3.63) is 21.4 Å². The number of thiophene rings is 1. The molecule has 0 N–H and O–H groups in total. The van der Waals surface area contributed by atoms with Gasteiger partial charge in [-0.3, -0.25) is 4.79 Å². The number of hydrogen-bond acceptors (Lipinski definition) is 3. The Bertz CT molecular complexity index is 301. The van der Waals surface area contributed by atoms with E-state index in [-0.39, 0.29) is 0 Å². The first kappa shape index (κ1) is 12.4. The Kier molecular flexibility index (Phi) is 4.48. The summed E-state index contributed by atoms with van der Waals surface area (Å²) in [5, 5.41) is 0. The molecule has 0 unspecified atom stereocenters. The van der Waals surface area contributed by atoms with E-state index in [1.165, 1.54) is 10.4 Å². The molecule has 1 heterocycles. The van der Waals surface area contributed by atoms with Crippen LogP contribution in [0.2, 0.25) is 0 Å². The molecule has 0 aromatic carbocycles. The average molecular weight is 225 g/mol. The Balaban J connectivity index is 2.89. The van der Waals surface area contributed by atoms with Crippen LogP contribution >= 0.6 is 11.3 Å². The summed E-state index contributed by atoms with van der Waals surface area (Å²) in [7, 11) is 4.11. The molecule has 15 heavy (non-hydrogen) atoms. The second-order valence-corrected chi connectivity index (χ2v) is 5.72. The van der Waals surface area contributed by atoms with Crippen LogP contribution in [0.25, 0.3) is 0 Å². The van der Waals surface area contributed by atoms with E-state index in [0.717, 1.165) is 24.1 Å². The number of carbonyl (C=O) groups excluding carboxylic acids is 1. The molecule has 0 aliphatic heterocycles. The fraction of sp³-hybridized carbons (Fsp3) is 0.583. The minimum Gasteiger partial charge on any atom is -0.305 e. The smallest absolute Gasteiger partial charge is 0.160 e. The molecule has 0 saturated carbocycles. The second kappa shape index (κ2) is 5.42. The third-order valence-corrected chi connectivity index (χ3v) is 3.24. The molecular weight excluding hydrogens is 206 g/mol. The molecule has 0 aliphatic rings. The first-order valence-electron chi connectivity index (χ1n) is 5.24. The normalized spacial score (nSPS) is 11.3. The molecule has 1 rings (SSSR count). The van der Waals surface area contributed by atoms with Gasteiger partial charge >= 0.3 is 0 Å². The fourth-order valence-corrected chi connectivity index (χ4v) is 2.77. The lowest BCUT2D eigenvalue weighted by Gasteiger charge is -2.11. The van der Waals surface area contributed by atoms with E-state index in [9.17, 15) is 4.79 Å². The predicted octanol–water partition coefficient (Wildman–Crippen LogP) is 2.82. The lowest BCUT2D eigenvalue weighted by atomic mass is 10.1. The minimum absolute atomic E-state index is 0.643. The zero-order valence-electron chi connectivity index (χ0n) is 9.91. The molecular formula is C12H19NOS. The van der Waals surface area contributed by atoms with Gasteiger partial charge < -0.3 is 4.90 Å². The third-order valence-electron chi connectivity index (χ3n) is 2.11. The Hall–Kier alpha value is -0.670. The Morgan fingerprint density at radius 2 is 2.13 bits per heavy atom. The maximum atomic E-state index is 10.7. The maximum absolute atomic E-state index is 10.7. The monoisotopic (exact) mass is 225 g/mol. The third kappa shape index (κ3) is 3.76. The maximum Gasteiger partial charge on any atom is 0.160 e. The largest absolute Gasteiger partial charge is 0.305 e. The van der Waals surface area contributed by atoms with Crippen molar-refractivity contribution in [3.63, 3.8) is 0 Å². The molecule has 0 aliphatic carbocycles. The summed E-state index contributed by atoms with van der Waals surface area (Å²) in [6.07, 6.45) is 2.02. The molecule has 84 valence electrons. The summed E-state index contributed by atoms with van der Waals surface area (Å²) in [5.74, 6) is 0.643. The zero-order chi connectivity index (χ0) is 11.4. The average Bonchev–Trinajstić information content (AvgIpc) is 2.46. The Morgan fingerprint density at radius 1 is 1.47 bits per heavy atom. The molecule has 0 saturated heterocycles. The first-order chi connectivity index (χ1) is 7.02. The van der Waals surface area contributed by atoms with Gasteiger partial charge in [-0.25, -0.2) is 0 Å². The number of aldehydes is 1. The fourth-order valence-electron chi connectivity index (χ4n) is 1.57. The van der Waals surface area contributed by atoms with Gasteiger partial charge in [-0.15, -0.1) is 11.3 Å². The highest BCUT2D eigenvalue weighted by Gasteiger charge is 2.10. The standard InChI is InChI=1S/C12H19NOS/c1-9(2)5-12-10(7-13(3)4)6-11(8-14)15-12/h6,8-9H,5,7H2,1-4H3. The van der Waals surface area contributed by atoms with E-state index in [2.05, 4.69) is 32.8 Å². The van der Waals surface area contributed by atoms with Crippen LogP contribution in [0.15, 0.2) is 6.07 Å². The highest BCUT2D eigenvalue weighted by atomic mass is 32.1. The predicted molar refractivity (Wildman–Crippen MR) is 65.6 cm³/mol. The quantitative estimate of drug-likeness (QED) is 0.718. The van der Waals surface area contributed by atoms with Crippen LogP contribution in [0.1, 0.15) is 34.0 Å². The molecule has 0 atom stereocenters. The van der Waals surface area contributed by atoms with Gasteiger partial charge in [0.1, 0.15) is 0 Å². The van der Waals surface area contributed by atoms with E-state index in [1.807, 2.05) is 6.07 Å². The van der Waals surface area contributed by atoms with Crippen molar-refractivity contribution >= 4 is 17.6 Å². The van der Waals surface area contributed by atoms with E-state index >= 15 is 0 Å². The highest BCUT2D eigenvalue weighted by molar-refractivity contribution is 7.13. The molecule has 0 amide bonds. The van der Waals surface area contributed by atoms with Gasteiger partial charge in [0.05, 0.1) is 4.88 Å². The van der Waals surface area contributed by atoms with Gasteiger partial charge in [-0.1, -0.05) is 13.8 Å². The summed E-state index contributed by atoms with van der Waals surface area (Å²) in [6.45, 7) is 5.34. The van der Waals surface area contributed by atoms with E-state index in [1.54, 1.807) is 11.3 Å². The summed E-state index contributed by atoms with van der Waals surface area (Å²) >= 11 is 1.64. The highest BCUT2D eigenvalue weighted by Crippen LogP contribution is 2.25. The zero-order valence-corrected chi connectivity index (χ0v) is 10.7. The Labute approximate surface area is 95.9 Å². The number of nitrogens with zero attached hydrogens (tertiary/aromatic N) is 1. The van der Waals surface area contributed by atoms with Crippen LogP contribution in [-0.2, 0) is 13.0 Å². The van der Waals surface area contributed by atoms with E-state index < -0.39 is 0 Å². The van der Waals surface area contributed by atoms with Gasteiger partial charge in [0.15, 0.2) is 6.29 Å². The Morgan fingerprint density at radius 3 is 2.60 bits per heavy atom. The van der Waals surface area contributed by atoms with Gasteiger partial charge in [0.25, 0.3) is 0 Å². The molecule has 0 radical (unpaired) electrons. The lowest BCUT2D eigenvalue weighted by Crippen LogP contribution is -2.11. The molecule has 0 spiro atoms. The van der Waals surface area contributed by atoms with Gasteiger partial charge in [-0.05, 0) is 38.1 Å². The van der Waals surface area contributed by atoms with Crippen LogP contribution in [0.5, 0.6) is 0 Å². The van der Waals surface area contributed by atoms with Crippen molar-refractivity contribution < 1.29 is 4.79 Å². The van der Waals surface area contributed by atoms with Crippen LogP contribution < -0.4 is 0 Å². The SMILES string of the molecule is CC(C)Cc1sc(C=O)cc1CN(C)C. The summed E-state index contributed by atoms with van der Waals surface area (Å²) in [4.78, 5) is 15.1. The summed E-state index contributed by atoms with van der Waals surface area (Å²) in [6, 6.07) is 2.02. The van der Waals surface area contributed by atoms with Crippen LogP contribution in [0, 0.1) is 5.92 Å². The molecule has 0 fully saturated rings. The summed E-state index contributed by atoms with van der Waals surface area (Å²) < 4.78 is 0. The molecule has 3 heteroatoms. The number of carbonyl (C=O) groups is 1. The van der Waals surface area contributed by atoms with Crippen molar-refractivity contribution in [1.82, 2.24) is 4.90 Å². The van der Waals surface area contributed by atoms with E-state index in [0.29, 0.717) is 5.92 Å². The van der Waals surface area contributed by atoms with Crippen molar-refractivity contribution in [1.29, 1.82) is 0 Å². The minimum atomic E-state index is 0.643. The topological polar surface area (TPSA) is 20.3 Å². The lowest BCUT2D eigenvalue weighted by molar-refractivity contribution is 0.112. The van der Waals surface area contributed by atoms with Crippen molar-refractivity contribution in [2.45, 2.75) is 26.8 Å². The van der Waals surface area contributed by atoms with Crippen LogP contribution in [0.4, 0.5) is 0 Å². The van der Waals surface area contributed by atoms with Gasteiger partial charge in [-0.2, -0.15) is 0 Å². The molecule has 1 aromatic heterocycles. The van der Waals surface area contributed by atoms with Gasteiger partial charge in [0.2, 0.25) is 0 Å². The first-order valence-corrected chi connectivity index (χ1v) is 6.06.